The molecule has 0 unspecified atom stereocenters. The highest BCUT2D eigenvalue weighted by Gasteiger charge is 2.28. The lowest BCUT2D eigenvalue weighted by molar-refractivity contribution is -0.117. The standard InChI is InChI=1S/C24H22FN5O2.C6H6O3S.H2O/c1-15(17-3-2-4-18(25)11-17)32-23-10-9-22-27-13-21(30(22)28-23)16-5-7-20(8-6-16)29-14-19(26)12-24(29)31;7-10(8,9)6-4-2-1-3-5-6;/h2-11,13,15,19H,12,14,26H2,1H3;1-5H,(H,7,8,9);1H2/t15-,19+;;/m1../s1. The summed E-state index contributed by atoms with van der Waals surface area (Å²) < 4.78 is 50.4. The molecule has 5 aromatic rings. The minimum Gasteiger partial charge on any atom is -0.469 e. The van der Waals surface area contributed by atoms with Gasteiger partial charge in [-0.3, -0.25) is 9.35 Å². The van der Waals surface area contributed by atoms with E-state index in [-0.39, 0.29) is 34.2 Å². The smallest absolute Gasteiger partial charge is 0.294 e. The molecular weight excluding hydrogens is 577 g/mol. The quantitative estimate of drug-likeness (QED) is 0.274. The largest absolute Gasteiger partial charge is 0.469 e. The fourth-order valence-electron chi connectivity index (χ4n) is 4.51. The van der Waals surface area contributed by atoms with Crippen LogP contribution in [0.1, 0.15) is 25.0 Å². The molecule has 0 aliphatic carbocycles. The summed E-state index contributed by atoms with van der Waals surface area (Å²) in [5, 5.41) is 4.58. The Labute approximate surface area is 247 Å². The zero-order chi connectivity index (χ0) is 29.9. The lowest BCUT2D eigenvalue weighted by Crippen LogP contribution is -2.27. The van der Waals surface area contributed by atoms with Gasteiger partial charge in [-0.2, -0.15) is 8.42 Å². The lowest BCUT2D eigenvalue weighted by atomic mass is 10.1. The van der Waals surface area contributed by atoms with Crippen LogP contribution in [-0.4, -0.2) is 51.5 Å². The molecule has 0 saturated carbocycles. The second-order valence-electron chi connectivity index (χ2n) is 9.70. The second kappa shape index (κ2) is 13.1. The molecule has 1 aliphatic rings. The molecule has 13 heteroatoms. The van der Waals surface area contributed by atoms with Crippen LogP contribution in [0, 0.1) is 5.82 Å². The number of halogens is 1. The van der Waals surface area contributed by atoms with Crippen molar-refractivity contribution < 1.29 is 32.4 Å². The summed E-state index contributed by atoms with van der Waals surface area (Å²) in [6.45, 7) is 2.37. The maximum atomic E-state index is 13.5. The van der Waals surface area contributed by atoms with Gasteiger partial charge in [0, 0.05) is 36.3 Å². The number of hydrogen-bond donors (Lipinski definition) is 2. The first-order valence-corrected chi connectivity index (χ1v) is 14.5. The van der Waals surface area contributed by atoms with Crippen molar-refractivity contribution in [2.75, 3.05) is 11.4 Å². The third-order valence-electron chi connectivity index (χ3n) is 6.62. The number of rotatable bonds is 6. The van der Waals surface area contributed by atoms with Gasteiger partial charge < -0.3 is 20.8 Å². The predicted octanol–water partition coefficient (Wildman–Crippen LogP) is 3.85. The summed E-state index contributed by atoms with van der Waals surface area (Å²) in [6, 6.07) is 24.8. The molecule has 3 heterocycles. The number of fused-ring (bicyclic) bond motifs is 1. The molecule has 2 atom stereocenters. The van der Waals surface area contributed by atoms with E-state index in [9.17, 15) is 17.6 Å². The number of hydrogen-bond acceptors (Lipinski definition) is 7. The van der Waals surface area contributed by atoms with Crippen molar-refractivity contribution >= 4 is 27.4 Å². The van der Waals surface area contributed by atoms with Crippen LogP contribution in [0.5, 0.6) is 5.88 Å². The van der Waals surface area contributed by atoms with Crippen LogP contribution >= 0.6 is 0 Å². The molecule has 0 bridgehead atoms. The fourth-order valence-corrected chi connectivity index (χ4v) is 5.02. The molecular formula is C30H30FN5O6S. The summed E-state index contributed by atoms with van der Waals surface area (Å²) in [5.41, 5.74) is 9.82. The van der Waals surface area contributed by atoms with Crippen LogP contribution in [0.3, 0.4) is 0 Å². The van der Waals surface area contributed by atoms with Gasteiger partial charge in [0.25, 0.3) is 10.1 Å². The average Bonchev–Trinajstić information content (AvgIpc) is 3.55. The number of imidazole rings is 1. The van der Waals surface area contributed by atoms with E-state index in [1.54, 1.807) is 45.9 Å². The average molecular weight is 608 g/mol. The van der Waals surface area contributed by atoms with Gasteiger partial charge in [0.15, 0.2) is 5.65 Å². The number of nitrogens with zero attached hydrogens (tertiary/aromatic N) is 4. The van der Waals surface area contributed by atoms with E-state index in [1.807, 2.05) is 43.3 Å². The van der Waals surface area contributed by atoms with Crippen LogP contribution in [0.4, 0.5) is 10.1 Å². The van der Waals surface area contributed by atoms with E-state index >= 15 is 0 Å². The molecule has 224 valence electrons. The zero-order valence-electron chi connectivity index (χ0n) is 23.0. The SMILES string of the molecule is C[C@@H](Oc1ccc2ncc(-c3ccc(N4C[C@@H](N)CC4=O)cc3)n2n1)c1cccc(F)c1.O.O=S(=O)(O)c1ccccc1. The number of nitrogens with two attached hydrogens (primary N) is 1. The van der Waals surface area contributed by atoms with Crippen LogP contribution in [0.25, 0.3) is 16.9 Å². The minimum atomic E-state index is -4.00. The first-order valence-electron chi connectivity index (χ1n) is 13.0. The van der Waals surface area contributed by atoms with Gasteiger partial charge in [-0.1, -0.05) is 42.5 Å². The van der Waals surface area contributed by atoms with Gasteiger partial charge in [0.05, 0.1) is 16.8 Å². The number of carbonyl (C=O) groups is 1. The molecule has 6 rings (SSSR count). The predicted molar refractivity (Wildman–Crippen MR) is 159 cm³/mol. The Kier molecular flexibility index (Phi) is 9.51. The Morgan fingerprint density at radius 1 is 1.02 bits per heavy atom. The molecule has 3 aromatic carbocycles. The highest BCUT2D eigenvalue weighted by molar-refractivity contribution is 7.85. The molecule has 1 fully saturated rings. The topological polar surface area (TPSA) is 172 Å². The van der Waals surface area contributed by atoms with Gasteiger partial charge in [-0.15, -0.1) is 5.10 Å². The summed E-state index contributed by atoms with van der Waals surface area (Å²) >= 11 is 0. The van der Waals surface area contributed by atoms with Crippen molar-refractivity contribution in [1.29, 1.82) is 0 Å². The molecule has 0 spiro atoms. The maximum Gasteiger partial charge on any atom is 0.294 e. The Balaban J connectivity index is 0.000000329. The van der Waals surface area contributed by atoms with Gasteiger partial charge in [-0.25, -0.2) is 13.9 Å². The van der Waals surface area contributed by atoms with Crippen molar-refractivity contribution in [3.63, 3.8) is 0 Å². The number of amides is 1. The highest BCUT2D eigenvalue weighted by atomic mass is 32.2. The van der Waals surface area contributed by atoms with Gasteiger partial charge in [-0.05, 0) is 55.0 Å². The number of aromatic nitrogens is 3. The molecule has 0 radical (unpaired) electrons. The first-order chi connectivity index (χ1) is 20.1. The zero-order valence-corrected chi connectivity index (χ0v) is 23.9. The number of ether oxygens (including phenoxy) is 1. The van der Waals surface area contributed by atoms with E-state index in [0.717, 1.165) is 22.5 Å². The van der Waals surface area contributed by atoms with Gasteiger partial charge >= 0.3 is 0 Å². The van der Waals surface area contributed by atoms with Crippen molar-refractivity contribution in [2.45, 2.75) is 30.4 Å². The van der Waals surface area contributed by atoms with E-state index in [0.29, 0.717) is 24.5 Å². The molecule has 1 amide bonds. The Bertz CT molecular complexity index is 1820. The molecule has 1 aliphatic heterocycles. The van der Waals surface area contributed by atoms with Gasteiger partial charge in [0.2, 0.25) is 11.8 Å². The third kappa shape index (κ3) is 7.40. The maximum absolute atomic E-state index is 13.5. The van der Waals surface area contributed by atoms with Crippen LogP contribution < -0.4 is 15.4 Å². The number of benzene rings is 3. The summed E-state index contributed by atoms with van der Waals surface area (Å²) in [7, 11) is -4.00. The monoisotopic (exact) mass is 607 g/mol. The van der Waals surface area contributed by atoms with Crippen molar-refractivity contribution in [2.24, 2.45) is 5.73 Å². The van der Waals surface area contributed by atoms with Crippen LogP contribution in [0.2, 0.25) is 0 Å². The Morgan fingerprint density at radius 3 is 2.35 bits per heavy atom. The second-order valence-corrected chi connectivity index (χ2v) is 11.1. The fraction of sp³-hybridized carbons (Fsp3) is 0.167. The normalized spacial score (nSPS) is 15.4. The van der Waals surface area contributed by atoms with E-state index in [4.69, 9.17) is 15.0 Å². The van der Waals surface area contributed by atoms with Crippen molar-refractivity contribution in [3.8, 4) is 17.1 Å². The molecule has 1 saturated heterocycles. The number of anilines is 1. The molecule has 11 nitrogen and oxygen atoms in total. The third-order valence-corrected chi connectivity index (χ3v) is 7.49. The van der Waals surface area contributed by atoms with Crippen molar-refractivity contribution in [3.05, 3.63) is 109 Å². The summed E-state index contributed by atoms with van der Waals surface area (Å²) in [4.78, 5) is 18.2. The van der Waals surface area contributed by atoms with Crippen molar-refractivity contribution in [1.82, 2.24) is 14.6 Å². The van der Waals surface area contributed by atoms with Crippen LogP contribution in [-0.2, 0) is 14.9 Å². The van der Waals surface area contributed by atoms with Gasteiger partial charge in [0.1, 0.15) is 11.9 Å². The molecule has 5 N–H and O–H groups in total. The summed E-state index contributed by atoms with van der Waals surface area (Å²) in [5.74, 6) is 0.136. The minimum absolute atomic E-state index is 0. The Morgan fingerprint density at radius 2 is 1.74 bits per heavy atom. The lowest BCUT2D eigenvalue weighted by Gasteiger charge is -2.16. The molecule has 43 heavy (non-hydrogen) atoms. The van der Waals surface area contributed by atoms with Crippen LogP contribution in [0.15, 0.2) is 102 Å². The Hall–Kier alpha value is -4.69. The first kappa shape index (κ1) is 31.3. The number of carbonyl (C=O) groups excluding carboxylic acids is 1. The van der Waals surface area contributed by atoms with E-state index in [2.05, 4.69) is 10.1 Å². The van der Waals surface area contributed by atoms with E-state index < -0.39 is 10.1 Å². The molecule has 2 aromatic heterocycles. The highest BCUT2D eigenvalue weighted by Crippen LogP contribution is 2.27. The summed E-state index contributed by atoms with van der Waals surface area (Å²) in [6.07, 6.45) is 1.75. The van der Waals surface area contributed by atoms with E-state index in [1.165, 1.54) is 24.3 Å².